The third-order valence-corrected chi connectivity index (χ3v) is 6.49. The number of non-ortho nitro benzene ring substituents is 1. The third-order valence-electron chi connectivity index (χ3n) is 6.19. The molecule has 9 nitrogen and oxygen atoms in total. The summed E-state index contributed by atoms with van der Waals surface area (Å²) in [6.45, 7) is 0.105. The van der Waals surface area contributed by atoms with Gasteiger partial charge >= 0.3 is 0 Å². The van der Waals surface area contributed by atoms with E-state index in [2.05, 4.69) is 10.1 Å². The molecular formula is C30H19ClN4O5. The van der Waals surface area contributed by atoms with Crippen molar-refractivity contribution >= 4 is 45.4 Å². The minimum absolute atomic E-state index is 0.0146. The molecule has 0 saturated heterocycles. The number of furan rings is 1. The number of ether oxygens (including phenoxy) is 1. The molecule has 0 N–H and O–H groups in total. The van der Waals surface area contributed by atoms with Gasteiger partial charge in [0.15, 0.2) is 5.76 Å². The lowest BCUT2D eigenvalue weighted by atomic mass is 10.2. The Labute approximate surface area is 231 Å². The maximum absolute atomic E-state index is 13.4. The van der Waals surface area contributed by atoms with E-state index in [0.29, 0.717) is 44.1 Å². The normalized spacial score (nSPS) is 11.4. The molecule has 0 aliphatic heterocycles. The molecule has 0 radical (unpaired) electrons. The van der Waals surface area contributed by atoms with Crippen LogP contribution in [-0.4, -0.2) is 20.8 Å². The Morgan fingerprint density at radius 3 is 2.65 bits per heavy atom. The Hall–Kier alpha value is -5.28. The van der Waals surface area contributed by atoms with Crippen LogP contribution in [0.3, 0.4) is 0 Å². The first-order valence-corrected chi connectivity index (χ1v) is 12.5. The molecule has 0 aliphatic carbocycles. The first-order valence-electron chi connectivity index (χ1n) is 12.2. The van der Waals surface area contributed by atoms with Gasteiger partial charge in [-0.05, 0) is 53.6 Å². The van der Waals surface area contributed by atoms with Gasteiger partial charge in [0.05, 0.1) is 27.1 Å². The average Bonchev–Trinajstić information content (AvgIpc) is 3.40. The molecule has 6 rings (SSSR count). The van der Waals surface area contributed by atoms with Crippen molar-refractivity contribution in [1.82, 2.24) is 9.66 Å². The smallest absolute Gasteiger partial charge is 0.282 e. The second-order valence-electron chi connectivity index (χ2n) is 8.87. The van der Waals surface area contributed by atoms with Crippen LogP contribution in [0.2, 0.25) is 5.02 Å². The van der Waals surface area contributed by atoms with Crippen LogP contribution in [0.1, 0.15) is 11.1 Å². The van der Waals surface area contributed by atoms with Crippen LogP contribution in [0, 0.1) is 10.1 Å². The predicted octanol–water partition coefficient (Wildman–Crippen LogP) is 6.83. The molecule has 0 saturated carbocycles. The molecule has 0 fully saturated rings. The molecule has 40 heavy (non-hydrogen) atoms. The molecule has 2 aromatic heterocycles. The predicted molar refractivity (Wildman–Crippen MR) is 153 cm³/mol. The van der Waals surface area contributed by atoms with E-state index < -0.39 is 4.92 Å². The van der Waals surface area contributed by atoms with E-state index in [1.165, 1.54) is 23.0 Å². The van der Waals surface area contributed by atoms with E-state index >= 15 is 0 Å². The van der Waals surface area contributed by atoms with Gasteiger partial charge in [-0.15, -0.1) is 0 Å². The number of para-hydroxylation sites is 2. The maximum atomic E-state index is 13.4. The van der Waals surface area contributed by atoms with Crippen molar-refractivity contribution in [3.05, 3.63) is 134 Å². The lowest BCUT2D eigenvalue weighted by Crippen LogP contribution is -2.20. The minimum Gasteiger partial charge on any atom is -0.487 e. The van der Waals surface area contributed by atoms with E-state index in [0.717, 1.165) is 5.39 Å². The van der Waals surface area contributed by atoms with Crippen LogP contribution in [0.25, 0.3) is 33.5 Å². The number of hydrogen-bond donors (Lipinski definition) is 0. The fourth-order valence-electron chi connectivity index (χ4n) is 4.24. The fourth-order valence-corrected chi connectivity index (χ4v) is 4.49. The Morgan fingerprint density at radius 2 is 1.82 bits per heavy atom. The van der Waals surface area contributed by atoms with Crippen molar-refractivity contribution in [2.75, 3.05) is 0 Å². The van der Waals surface area contributed by atoms with E-state index in [9.17, 15) is 14.9 Å². The molecule has 196 valence electrons. The number of rotatable bonds is 7. The summed E-state index contributed by atoms with van der Waals surface area (Å²) in [7, 11) is 0. The molecule has 4 aromatic carbocycles. The summed E-state index contributed by atoms with van der Waals surface area (Å²) < 4.78 is 13.0. The molecular weight excluding hydrogens is 532 g/mol. The molecule has 0 atom stereocenters. The first kappa shape index (κ1) is 25.0. The summed E-state index contributed by atoms with van der Waals surface area (Å²) in [6, 6.07) is 27.7. The quantitative estimate of drug-likeness (QED) is 0.122. The van der Waals surface area contributed by atoms with Gasteiger partial charge < -0.3 is 9.15 Å². The largest absolute Gasteiger partial charge is 0.487 e. The Balaban J connectivity index is 1.32. The van der Waals surface area contributed by atoms with Crippen LogP contribution in [-0.2, 0) is 6.61 Å². The highest BCUT2D eigenvalue weighted by molar-refractivity contribution is 6.32. The highest BCUT2D eigenvalue weighted by Crippen LogP contribution is 2.28. The summed E-state index contributed by atoms with van der Waals surface area (Å²) in [6.07, 6.45) is 1.50. The highest BCUT2D eigenvalue weighted by Gasteiger charge is 2.16. The monoisotopic (exact) mass is 550 g/mol. The van der Waals surface area contributed by atoms with Gasteiger partial charge in [0.2, 0.25) is 5.82 Å². The van der Waals surface area contributed by atoms with Crippen LogP contribution in [0.4, 0.5) is 5.69 Å². The van der Waals surface area contributed by atoms with E-state index in [-0.39, 0.29) is 23.7 Å². The number of nitro benzene ring substituents is 1. The molecule has 0 bridgehead atoms. The van der Waals surface area contributed by atoms with Crippen molar-refractivity contribution in [2.24, 2.45) is 5.10 Å². The SMILES string of the molecule is O=c1c2ccccc2nc(-c2cc3ccccc3o2)n1N=Cc1ccc(OCc2cccc([N+](=O)[O-])c2)c(Cl)c1. The highest BCUT2D eigenvalue weighted by atomic mass is 35.5. The summed E-state index contributed by atoms with van der Waals surface area (Å²) in [4.78, 5) is 28.7. The van der Waals surface area contributed by atoms with Gasteiger partial charge in [0, 0.05) is 17.5 Å². The maximum Gasteiger partial charge on any atom is 0.282 e. The fraction of sp³-hybridized carbons (Fsp3) is 0.0333. The van der Waals surface area contributed by atoms with Crippen molar-refractivity contribution in [2.45, 2.75) is 6.61 Å². The van der Waals surface area contributed by atoms with Gasteiger partial charge in [-0.25, -0.2) is 4.98 Å². The number of hydrogen-bond acceptors (Lipinski definition) is 7. The minimum atomic E-state index is -0.458. The zero-order valence-corrected chi connectivity index (χ0v) is 21.5. The van der Waals surface area contributed by atoms with Gasteiger partial charge in [-0.2, -0.15) is 9.78 Å². The second kappa shape index (κ2) is 10.5. The summed E-state index contributed by atoms with van der Waals surface area (Å²) in [5, 5.41) is 17.1. The average molecular weight is 551 g/mol. The molecule has 0 spiro atoms. The van der Waals surface area contributed by atoms with E-state index in [1.807, 2.05) is 36.4 Å². The molecule has 0 unspecified atom stereocenters. The zero-order valence-electron chi connectivity index (χ0n) is 20.7. The number of nitro groups is 1. The van der Waals surface area contributed by atoms with Crippen molar-refractivity contribution in [1.29, 1.82) is 0 Å². The van der Waals surface area contributed by atoms with Crippen molar-refractivity contribution in [3.63, 3.8) is 0 Å². The van der Waals surface area contributed by atoms with Gasteiger partial charge in [0.25, 0.3) is 11.2 Å². The number of benzene rings is 4. The van der Waals surface area contributed by atoms with Crippen molar-refractivity contribution < 1.29 is 14.1 Å². The first-order chi connectivity index (χ1) is 19.5. The molecule has 0 aliphatic rings. The summed E-state index contributed by atoms with van der Waals surface area (Å²) in [5.74, 6) is 1.07. The lowest BCUT2D eigenvalue weighted by molar-refractivity contribution is -0.384. The van der Waals surface area contributed by atoms with Crippen LogP contribution >= 0.6 is 11.6 Å². The number of aromatic nitrogens is 2. The van der Waals surface area contributed by atoms with E-state index in [1.54, 1.807) is 48.5 Å². The number of fused-ring (bicyclic) bond motifs is 2. The standard InChI is InChI=1S/C30H19ClN4O5/c31-24-15-19(12-13-27(24)39-18-20-6-5-8-22(14-20)35(37)38)17-32-34-29(28-16-21-7-1-4-11-26(21)40-28)33-25-10-3-2-9-23(25)30(34)36/h1-17H,18H2. The second-order valence-corrected chi connectivity index (χ2v) is 9.28. The van der Waals surface area contributed by atoms with Gasteiger partial charge in [0.1, 0.15) is 17.9 Å². The van der Waals surface area contributed by atoms with E-state index in [4.69, 9.17) is 20.8 Å². The van der Waals surface area contributed by atoms with Crippen LogP contribution in [0.5, 0.6) is 5.75 Å². The lowest BCUT2D eigenvalue weighted by Gasteiger charge is -2.09. The van der Waals surface area contributed by atoms with Crippen LogP contribution < -0.4 is 10.3 Å². The zero-order chi connectivity index (χ0) is 27.6. The molecule has 10 heteroatoms. The molecule has 6 aromatic rings. The summed E-state index contributed by atoms with van der Waals surface area (Å²) in [5.41, 5.74) is 2.09. The van der Waals surface area contributed by atoms with Gasteiger partial charge in [-0.3, -0.25) is 14.9 Å². The van der Waals surface area contributed by atoms with Crippen molar-refractivity contribution in [3.8, 4) is 17.3 Å². The Morgan fingerprint density at radius 1 is 1.00 bits per heavy atom. The Bertz CT molecular complexity index is 1960. The molecule has 0 amide bonds. The third kappa shape index (κ3) is 4.93. The van der Waals surface area contributed by atoms with Crippen LogP contribution in [0.15, 0.2) is 111 Å². The number of nitrogens with zero attached hydrogens (tertiary/aromatic N) is 4. The Kier molecular flexibility index (Phi) is 6.55. The number of halogens is 1. The topological polar surface area (TPSA) is 113 Å². The van der Waals surface area contributed by atoms with Gasteiger partial charge in [-0.1, -0.05) is 54.1 Å². The molecule has 2 heterocycles. The summed E-state index contributed by atoms with van der Waals surface area (Å²) >= 11 is 6.45.